The van der Waals surface area contributed by atoms with E-state index in [-0.39, 0.29) is 17.9 Å². The normalized spacial score (nSPS) is 10.8. The monoisotopic (exact) mass is 358 g/mol. The van der Waals surface area contributed by atoms with E-state index in [1.54, 1.807) is 6.07 Å². The van der Waals surface area contributed by atoms with E-state index >= 15 is 0 Å². The fourth-order valence-corrected chi connectivity index (χ4v) is 2.70. The number of fused-ring (bicyclic) bond motifs is 1. The third-order valence-corrected chi connectivity index (χ3v) is 4.04. The molecule has 0 unspecified atom stereocenters. The molecule has 134 valence electrons. The first-order valence-electron chi connectivity index (χ1n) is 7.85. The molecule has 0 aliphatic carbocycles. The van der Waals surface area contributed by atoms with Crippen LogP contribution >= 0.6 is 0 Å². The summed E-state index contributed by atoms with van der Waals surface area (Å²) in [6, 6.07) is 7.90. The number of phenolic OH excluding ortho intramolecular Hbond substituents is 1. The molecule has 0 aliphatic heterocycles. The van der Waals surface area contributed by atoms with Crippen molar-refractivity contribution in [2.75, 3.05) is 5.32 Å². The molecule has 26 heavy (non-hydrogen) atoms. The van der Waals surface area contributed by atoms with Crippen LogP contribution in [0.2, 0.25) is 0 Å². The fourth-order valence-electron chi connectivity index (χ4n) is 2.70. The number of anilines is 1. The van der Waals surface area contributed by atoms with Crippen molar-refractivity contribution in [2.45, 2.75) is 19.9 Å². The van der Waals surface area contributed by atoms with Crippen LogP contribution in [0.15, 0.2) is 45.6 Å². The lowest BCUT2D eigenvalue weighted by molar-refractivity contribution is -0.387. The predicted octanol–water partition coefficient (Wildman–Crippen LogP) is 3.72. The lowest BCUT2D eigenvalue weighted by atomic mass is 10.0. The van der Waals surface area contributed by atoms with E-state index < -0.39 is 22.1 Å². The predicted molar refractivity (Wildman–Crippen MR) is 93.9 cm³/mol. The molecule has 0 amide bonds. The third kappa shape index (κ3) is 3.34. The van der Waals surface area contributed by atoms with E-state index in [0.29, 0.717) is 28.6 Å². The molecular weight excluding hydrogens is 343 g/mol. The number of nitro benzene ring substituents is 1. The zero-order valence-electron chi connectivity index (χ0n) is 13.8. The minimum atomic E-state index is -0.922. The Bertz CT molecular complexity index is 1060. The van der Waals surface area contributed by atoms with Gasteiger partial charge in [0.1, 0.15) is 11.3 Å². The van der Waals surface area contributed by atoms with Crippen molar-refractivity contribution in [3.8, 4) is 5.75 Å². The van der Waals surface area contributed by atoms with Crippen LogP contribution in [-0.4, -0.2) is 10.0 Å². The molecule has 0 saturated carbocycles. The van der Waals surface area contributed by atoms with Gasteiger partial charge in [0.2, 0.25) is 5.82 Å². The Labute approximate surface area is 146 Å². The molecule has 2 aromatic carbocycles. The Morgan fingerprint density at radius 2 is 2.00 bits per heavy atom. The number of rotatable bonds is 5. The third-order valence-electron chi connectivity index (χ3n) is 4.04. The van der Waals surface area contributed by atoms with Gasteiger partial charge in [-0.2, -0.15) is 4.39 Å². The van der Waals surface area contributed by atoms with Crippen LogP contribution in [0, 0.1) is 15.9 Å². The number of nitrogens with zero attached hydrogens (tertiary/aromatic N) is 1. The Balaban J connectivity index is 1.97. The topological polar surface area (TPSA) is 106 Å². The molecular formula is C18H15FN2O5. The van der Waals surface area contributed by atoms with Crippen LogP contribution in [0.25, 0.3) is 11.0 Å². The molecule has 0 radical (unpaired) electrons. The van der Waals surface area contributed by atoms with E-state index in [9.17, 15) is 24.4 Å². The number of nitrogens with one attached hydrogen (secondary N) is 1. The van der Waals surface area contributed by atoms with Crippen molar-refractivity contribution in [2.24, 2.45) is 0 Å². The van der Waals surface area contributed by atoms with Crippen molar-refractivity contribution in [1.82, 2.24) is 0 Å². The van der Waals surface area contributed by atoms with Crippen molar-refractivity contribution in [3.63, 3.8) is 0 Å². The number of hydrogen-bond donors (Lipinski definition) is 2. The van der Waals surface area contributed by atoms with Gasteiger partial charge in [0, 0.05) is 35.8 Å². The number of aromatic hydroxyl groups is 1. The van der Waals surface area contributed by atoms with Gasteiger partial charge in [-0.1, -0.05) is 6.92 Å². The van der Waals surface area contributed by atoms with Gasteiger partial charge in [-0.25, -0.2) is 4.79 Å². The van der Waals surface area contributed by atoms with E-state index in [1.165, 1.54) is 18.2 Å². The lowest BCUT2D eigenvalue weighted by Crippen LogP contribution is -2.06. The van der Waals surface area contributed by atoms with Crippen molar-refractivity contribution >= 4 is 22.3 Å². The standard InChI is InChI=1S/C18H15FN2O5/c1-2-10-5-13-11(6-18(23)26-17(13)8-16(10)22)9-20-12-3-4-14(19)15(7-12)21(24)25/h3-8,20,22H,2,9H2,1H3. The molecule has 0 spiro atoms. The van der Waals surface area contributed by atoms with Gasteiger partial charge in [-0.15, -0.1) is 0 Å². The van der Waals surface area contributed by atoms with Crippen LogP contribution in [0.3, 0.4) is 0 Å². The number of phenols is 1. The molecule has 3 rings (SSSR count). The van der Waals surface area contributed by atoms with Gasteiger partial charge >= 0.3 is 11.3 Å². The van der Waals surface area contributed by atoms with Crippen molar-refractivity contribution in [1.29, 1.82) is 0 Å². The fraction of sp³-hybridized carbons (Fsp3) is 0.167. The zero-order valence-corrected chi connectivity index (χ0v) is 13.8. The first-order chi connectivity index (χ1) is 12.4. The summed E-state index contributed by atoms with van der Waals surface area (Å²) in [6.45, 7) is 2.05. The van der Waals surface area contributed by atoms with Crippen LogP contribution in [-0.2, 0) is 13.0 Å². The van der Waals surface area contributed by atoms with E-state index in [4.69, 9.17) is 4.42 Å². The van der Waals surface area contributed by atoms with E-state index in [2.05, 4.69) is 5.32 Å². The molecule has 0 fully saturated rings. The minimum absolute atomic E-state index is 0.0439. The Hall–Kier alpha value is -3.42. The molecule has 0 aliphatic rings. The van der Waals surface area contributed by atoms with Gasteiger partial charge in [0.15, 0.2) is 0 Å². The summed E-state index contributed by atoms with van der Waals surface area (Å²) in [5.74, 6) is -0.878. The maximum Gasteiger partial charge on any atom is 0.336 e. The van der Waals surface area contributed by atoms with Crippen molar-refractivity contribution in [3.05, 3.63) is 73.9 Å². The summed E-state index contributed by atoms with van der Waals surface area (Å²) < 4.78 is 18.5. The summed E-state index contributed by atoms with van der Waals surface area (Å²) in [6.07, 6.45) is 0.595. The van der Waals surface area contributed by atoms with Gasteiger partial charge in [0.05, 0.1) is 4.92 Å². The second-order valence-electron chi connectivity index (χ2n) is 5.70. The second kappa shape index (κ2) is 6.83. The SMILES string of the molecule is CCc1cc2c(CNc3ccc(F)c([N+](=O)[O-])c3)cc(=O)oc2cc1O. The minimum Gasteiger partial charge on any atom is -0.508 e. The van der Waals surface area contributed by atoms with Crippen molar-refractivity contribution < 1.29 is 18.8 Å². The average Bonchev–Trinajstić information content (AvgIpc) is 2.59. The number of nitro groups is 1. The number of benzene rings is 2. The van der Waals surface area contributed by atoms with E-state index in [1.807, 2.05) is 6.92 Å². The number of halogens is 1. The van der Waals surface area contributed by atoms with Gasteiger partial charge in [0.25, 0.3) is 0 Å². The molecule has 1 heterocycles. The quantitative estimate of drug-likeness (QED) is 0.409. The number of hydrogen-bond acceptors (Lipinski definition) is 6. The van der Waals surface area contributed by atoms with Gasteiger partial charge in [-0.3, -0.25) is 10.1 Å². The summed E-state index contributed by atoms with van der Waals surface area (Å²) >= 11 is 0. The molecule has 3 aromatic rings. The largest absolute Gasteiger partial charge is 0.508 e. The average molecular weight is 358 g/mol. The summed E-state index contributed by atoms with van der Waals surface area (Å²) in [5, 5.41) is 24.3. The lowest BCUT2D eigenvalue weighted by Gasteiger charge is -2.10. The van der Waals surface area contributed by atoms with E-state index in [0.717, 1.165) is 12.1 Å². The Morgan fingerprint density at radius 3 is 2.69 bits per heavy atom. The first kappa shape index (κ1) is 17.4. The highest BCUT2D eigenvalue weighted by Gasteiger charge is 2.15. The molecule has 7 nitrogen and oxygen atoms in total. The maximum absolute atomic E-state index is 13.4. The summed E-state index contributed by atoms with van der Waals surface area (Å²) in [5.41, 5.74) is 0.666. The smallest absolute Gasteiger partial charge is 0.336 e. The highest BCUT2D eigenvalue weighted by Crippen LogP contribution is 2.28. The first-order valence-corrected chi connectivity index (χ1v) is 7.85. The summed E-state index contributed by atoms with van der Waals surface area (Å²) in [4.78, 5) is 21.8. The zero-order chi connectivity index (χ0) is 18.8. The Morgan fingerprint density at radius 1 is 1.23 bits per heavy atom. The van der Waals surface area contributed by atoms with Crippen LogP contribution in [0.4, 0.5) is 15.8 Å². The molecule has 2 N–H and O–H groups in total. The van der Waals surface area contributed by atoms with Crippen LogP contribution in [0.5, 0.6) is 5.75 Å². The summed E-state index contributed by atoms with van der Waals surface area (Å²) in [7, 11) is 0. The maximum atomic E-state index is 13.4. The van der Waals surface area contributed by atoms with Crippen LogP contribution in [0.1, 0.15) is 18.1 Å². The number of aryl methyl sites for hydroxylation is 1. The second-order valence-corrected chi connectivity index (χ2v) is 5.70. The molecule has 0 saturated heterocycles. The Kier molecular flexibility index (Phi) is 4.57. The molecule has 0 atom stereocenters. The van der Waals surface area contributed by atoms with Crippen LogP contribution < -0.4 is 10.9 Å². The molecule has 8 heteroatoms. The highest BCUT2D eigenvalue weighted by molar-refractivity contribution is 5.83. The molecule has 0 bridgehead atoms. The van der Waals surface area contributed by atoms with Gasteiger partial charge in [-0.05, 0) is 35.7 Å². The highest BCUT2D eigenvalue weighted by atomic mass is 19.1. The molecule has 1 aromatic heterocycles. The van der Waals surface area contributed by atoms with Gasteiger partial charge < -0.3 is 14.8 Å².